The molecule has 7 heteroatoms. The summed E-state index contributed by atoms with van der Waals surface area (Å²) in [4.78, 5) is 22.2. The molecule has 2 aromatic rings. The lowest BCUT2D eigenvalue weighted by Gasteiger charge is -2.02. The van der Waals surface area contributed by atoms with E-state index in [2.05, 4.69) is 31.4 Å². The third-order valence-corrected chi connectivity index (χ3v) is 3.70. The Kier molecular flexibility index (Phi) is 2.63. The molecule has 0 spiro atoms. The molecule has 0 radical (unpaired) electrons. The number of aromatic carboxylic acids is 1. The van der Waals surface area contributed by atoms with Crippen molar-refractivity contribution in [2.75, 3.05) is 5.32 Å². The molecule has 19 heavy (non-hydrogen) atoms. The molecule has 96 valence electrons. The van der Waals surface area contributed by atoms with Gasteiger partial charge in [-0.25, -0.2) is 4.79 Å². The Morgan fingerprint density at radius 3 is 2.89 bits per heavy atom. The van der Waals surface area contributed by atoms with Gasteiger partial charge < -0.3 is 10.4 Å². The Hall–Kier alpha value is -2.15. The van der Waals surface area contributed by atoms with Gasteiger partial charge in [-0.3, -0.25) is 9.89 Å². The predicted molar refractivity (Wildman–Crippen MR) is 71.0 cm³/mol. The van der Waals surface area contributed by atoms with E-state index in [0.29, 0.717) is 16.6 Å². The highest BCUT2D eigenvalue weighted by Gasteiger charge is 2.21. The van der Waals surface area contributed by atoms with Gasteiger partial charge in [-0.1, -0.05) is 6.07 Å². The maximum atomic E-state index is 11.3. The van der Waals surface area contributed by atoms with Crippen molar-refractivity contribution in [2.45, 2.75) is 6.42 Å². The van der Waals surface area contributed by atoms with E-state index in [-0.39, 0.29) is 11.6 Å². The summed E-state index contributed by atoms with van der Waals surface area (Å²) in [6.45, 7) is 0. The van der Waals surface area contributed by atoms with Gasteiger partial charge in [-0.2, -0.15) is 5.10 Å². The van der Waals surface area contributed by atoms with Crippen LogP contribution in [0.25, 0.3) is 11.3 Å². The van der Waals surface area contributed by atoms with E-state index >= 15 is 0 Å². The highest BCUT2D eigenvalue weighted by Crippen LogP contribution is 2.33. The minimum absolute atomic E-state index is 0.00435. The monoisotopic (exact) mass is 321 g/mol. The number of nitrogens with zero attached hydrogens (tertiary/aromatic N) is 1. The van der Waals surface area contributed by atoms with Crippen molar-refractivity contribution in [2.24, 2.45) is 0 Å². The highest BCUT2D eigenvalue weighted by molar-refractivity contribution is 9.10. The van der Waals surface area contributed by atoms with E-state index in [1.54, 1.807) is 12.1 Å². The number of benzene rings is 1. The number of aromatic nitrogens is 2. The van der Waals surface area contributed by atoms with Crippen LogP contribution in [0.5, 0.6) is 0 Å². The van der Waals surface area contributed by atoms with E-state index in [4.69, 9.17) is 5.11 Å². The molecule has 0 atom stereocenters. The molecule has 1 amide bonds. The van der Waals surface area contributed by atoms with Gasteiger partial charge in [0.2, 0.25) is 5.91 Å². The summed E-state index contributed by atoms with van der Waals surface area (Å²) in [5.41, 5.74) is 2.95. The first-order valence-corrected chi connectivity index (χ1v) is 6.26. The molecule has 0 saturated heterocycles. The zero-order valence-corrected chi connectivity index (χ0v) is 11.1. The zero-order valence-electron chi connectivity index (χ0n) is 9.53. The maximum absolute atomic E-state index is 11.3. The number of carbonyl (C=O) groups is 2. The number of carbonyl (C=O) groups excluding carboxylic acids is 1. The fourth-order valence-corrected chi connectivity index (χ4v) is 2.61. The van der Waals surface area contributed by atoms with Gasteiger partial charge in [0.1, 0.15) is 5.69 Å². The van der Waals surface area contributed by atoms with Crippen molar-refractivity contribution in [1.82, 2.24) is 10.2 Å². The predicted octanol–water partition coefficient (Wildman–Crippen LogP) is 2.03. The maximum Gasteiger partial charge on any atom is 0.355 e. The Morgan fingerprint density at radius 2 is 2.21 bits per heavy atom. The third kappa shape index (κ3) is 1.91. The number of H-pyrrole nitrogens is 1. The minimum atomic E-state index is -1.08. The summed E-state index contributed by atoms with van der Waals surface area (Å²) in [6, 6.07) is 5.41. The Bertz CT molecular complexity index is 708. The number of nitrogens with one attached hydrogen (secondary N) is 2. The van der Waals surface area contributed by atoms with E-state index in [9.17, 15) is 9.59 Å². The second-order valence-corrected chi connectivity index (χ2v) is 4.96. The third-order valence-electron chi connectivity index (χ3n) is 2.92. The SMILES string of the molecule is O=C1Cc2cc(-c3n[nH]c(C(=O)O)c3Br)ccc2N1. The lowest BCUT2D eigenvalue weighted by molar-refractivity contribution is -0.115. The first-order chi connectivity index (χ1) is 9.06. The van der Waals surface area contributed by atoms with Crippen LogP contribution in [-0.2, 0) is 11.2 Å². The summed E-state index contributed by atoms with van der Waals surface area (Å²) in [6.07, 6.45) is 0.330. The first-order valence-electron chi connectivity index (χ1n) is 5.46. The number of hydrogen-bond acceptors (Lipinski definition) is 3. The molecule has 2 heterocycles. The smallest absolute Gasteiger partial charge is 0.355 e. The number of rotatable bonds is 2. The fraction of sp³-hybridized carbons (Fsp3) is 0.0833. The number of hydrogen-bond donors (Lipinski definition) is 3. The second kappa shape index (κ2) is 4.20. The normalized spacial score (nSPS) is 13.2. The van der Waals surface area contributed by atoms with Gasteiger partial charge in [0.25, 0.3) is 0 Å². The van der Waals surface area contributed by atoms with Crippen LogP contribution in [0.3, 0.4) is 0 Å². The Labute approximate surface area is 116 Å². The molecule has 3 N–H and O–H groups in total. The summed E-state index contributed by atoms with van der Waals surface area (Å²) in [7, 11) is 0. The van der Waals surface area contributed by atoms with Gasteiger partial charge in [-0.15, -0.1) is 0 Å². The molecule has 0 saturated carbocycles. The summed E-state index contributed by atoms with van der Waals surface area (Å²) >= 11 is 3.22. The molecular formula is C12H8BrN3O3. The first kappa shape index (κ1) is 11.9. The largest absolute Gasteiger partial charge is 0.476 e. The van der Waals surface area contributed by atoms with E-state index in [1.807, 2.05) is 6.07 Å². The van der Waals surface area contributed by atoms with E-state index in [1.165, 1.54) is 0 Å². The fourth-order valence-electron chi connectivity index (χ4n) is 2.04. The lowest BCUT2D eigenvalue weighted by atomic mass is 10.1. The molecule has 6 nitrogen and oxygen atoms in total. The van der Waals surface area contributed by atoms with Gasteiger partial charge in [0.15, 0.2) is 5.69 Å². The number of halogens is 1. The van der Waals surface area contributed by atoms with Crippen LogP contribution >= 0.6 is 15.9 Å². The van der Waals surface area contributed by atoms with Gasteiger partial charge in [0.05, 0.1) is 10.9 Å². The van der Waals surface area contributed by atoms with Crippen molar-refractivity contribution in [3.8, 4) is 11.3 Å². The van der Waals surface area contributed by atoms with Crippen LogP contribution in [0.2, 0.25) is 0 Å². The molecule has 0 bridgehead atoms. The molecule has 0 aliphatic carbocycles. The number of carboxylic acid groups (broad SMARTS) is 1. The van der Waals surface area contributed by atoms with Gasteiger partial charge in [0, 0.05) is 11.3 Å². The summed E-state index contributed by atoms with van der Waals surface area (Å²) < 4.78 is 0.400. The van der Waals surface area contributed by atoms with E-state index < -0.39 is 5.97 Å². The summed E-state index contributed by atoms with van der Waals surface area (Å²) in [5, 5.41) is 18.2. The second-order valence-electron chi connectivity index (χ2n) is 4.16. The standard InChI is InChI=1S/C12H8BrN3O3/c13-9-10(15-16-11(9)12(18)19)5-1-2-7-6(3-5)4-8(17)14-7/h1-3H,4H2,(H,14,17)(H,15,16)(H,18,19). The van der Waals surface area contributed by atoms with Crippen LogP contribution in [-0.4, -0.2) is 27.2 Å². The number of carboxylic acids is 1. The molecule has 0 unspecified atom stereocenters. The minimum Gasteiger partial charge on any atom is -0.476 e. The average Bonchev–Trinajstić information content (AvgIpc) is 2.89. The van der Waals surface area contributed by atoms with Crippen molar-refractivity contribution >= 4 is 33.5 Å². The van der Waals surface area contributed by atoms with Gasteiger partial charge in [-0.05, 0) is 33.6 Å². The number of anilines is 1. The molecule has 0 fully saturated rings. The molecular weight excluding hydrogens is 314 g/mol. The van der Waals surface area contributed by atoms with Crippen LogP contribution in [0.4, 0.5) is 5.69 Å². The quantitative estimate of drug-likeness (QED) is 0.788. The topological polar surface area (TPSA) is 95.1 Å². The van der Waals surface area contributed by atoms with Crippen LogP contribution in [0, 0.1) is 0 Å². The van der Waals surface area contributed by atoms with Gasteiger partial charge >= 0.3 is 5.97 Å². The average molecular weight is 322 g/mol. The van der Waals surface area contributed by atoms with E-state index in [0.717, 1.165) is 16.8 Å². The van der Waals surface area contributed by atoms with Crippen LogP contribution < -0.4 is 5.32 Å². The Balaban J connectivity index is 2.07. The molecule has 1 aromatic carbocycles. The number of amides is 1. The number of aromatic amines is 1. The molecule has 3 rings (SSSR count). The van der Waals surface area contributed by atoms with Crippen molar-refractivity contribution in [1.29, 1.82) is 0 Å². The lowest BCUT2D eigenvalue weighted by Crippen LogP contribution is -2.03. The summed E-state index contributed by atoms with van der Waals surface area (Å²) in [5.74, 6) is -1.12. The van der Waals surface area contributed by atoms with Crippen molar-refractivity contribution in [3.05, 3.63) is 33.9 Å². The molecule has 1 aliphatic heterocycles. The van der Waals surface area contributed by atoms with Crippen LogP contribution in [0.1, 0.15) is 16.1 Å². The van der Waals surface area contributed by atoms with Crippen molar-refractivity contribution in [3.63, 3.8) is 0 Å². The van der Waals surface area contributed by atoms with Crippen LogP contribution in [0.15, 0.2) is 22.7 Å². The number of fused-ring (bicyclic) bond motifs is 1. The zero-order chi connectivity index (χ0) is 13.6. The van der Waals surface area contributed by atoms with Crippen molar-refractivity contribution < 1.29 is 14.7 Å². The highest BCUT2D eigenvalue weighted by atomic mass is 79.9. The molecule has 1 aromatic heterocycles. The Morgan fingerprint density at radius 1 is 1.42 bits per heavy atom. The molecule has 1 aliphatic rings.